The van der Waals surface area contributed by atoms with Gasteiger partial charge in [-0.15, -0.1) is 0 Å². The van der Waals surface area contributed by atoms with E-state index in [0.717, 1.165) is 12.5 Å². The molecule has 1 aromatic heterocycles. The molecule has 1 aromatic rings. The molecule has 0 aromatic carbocycles. The molecule has 0 amide bonds. The summed E-state index contributed by atoms with van der Waals surface area (Å²) in [5, 5.41) is 10.7. The third-order valence-corrected chi connectivity index (χ3v) is 4.34. The lowest BCUT2D eigenvalue weighted by Gasteiger charge is -2.34. The summed E-state index contributed by atoms with van der Waals surface area (Å²) >= 11 is 0. The number of aromatic nitrogens is 2. The SMILES string of the molecule is CCN1CCC(C(C)NCc2cn[nH]c2C)CC1. The van der Waals surface area contributed by atoms with Crippen molar-refractivity contribution in [3.63, 3.8) is 0 Å². The van der Waals surface area contributed by atoms with Crippen LogP contribution in [0.3, 0.4) is 0 Å². The number of H-pyrrole nitrogens is 1. The Balaban J connectivity index is 1.75. The van der Waals surface area contributed by atoms with Gasteiger partial charge < -0.3 is 10.2 Å². The van der Waals surface area contributed by atoms with E-state index in [4.69, 9.17) is 0 Å². The molecule has 0 bridgehead atoms. The molecule has 1 atom stereocenters. The van der Waals surface area contributed by atoms with Crippen molar-refractivity contribution in [2.75, 3.05) is 19.6 Å². The minimum Gasteiger partial charge on any atom is -0.310 e. The quantitative estimate of drug-likeness (QED) is 0.839. The molecule has 1 unspecified atom stereocenters. The number of aromatic amines is 1. The Morgan fingerprint density at radius 2 is 2.22 bits per heavy atom. The van der Waals surface area contributed by atoms with Gasteiger partial charge in [0.05, 0.1) is 6.20 Å². The highest BCUT2D eigenvalue weighted by molar-refractivity contribution is 5.13. The van der Waals surface area contributed by atoms with E-state index in [1.54, 1.807) is 0 Å². The predicted octanol–water partition coefficient (Wildman–Crippen LogP) is 1.93. The molecule has 0 spiro atoms. The Kier molecular flexibility index (Phi) is 4.78. The van der Waals surface area contributed by atoms with Crippen molar-refractivity contribution in [3.8, 4) is 0 Å². The third kappa shape index (κ3) is 3.33. The van der Waals surface area contributed by atoms with Crippen molar-refractivity contribution in [1.29, 1.82) is 0 Å². The summed E-state index contributed by atoms with van der Waals surface area (Å²) in [7, 11) is 0. The van der Waals surface area contributed by atoms with Crippen LogP contribution in [0.4, 0.5) is 0 Å². The first-order valence-electron chi connectivity index (χ1n) is 7.15. The summed E-state index contributed by atoms with van der Waals surface area (Å²) in [5.74, 6) is 0.819. The average Bonchev–Trinajstić information content (AvgIpc) is 2.81. The molecule has 1 saturated heterocycles. The van der Waals surface area contributed by atoms with E-state index < -0.39 is 0 Å². The van der Waals surface area contributed by atoms with Gasteiger partial charge in [0.15, 0.2) is 0 Å². The van der Waals surface area contributed by atoms with Crippen molar-refractivity contribution in [3.05, 3.63) is 17.5 Å². The number of hydrogen-bond acceptors (Lipinski definition) is 3. The number of aryl methyl sites for hydroxylation is 1. The molecule has 4 heteroatoms. The maximum absolute atomic E-state index is 4.06. The molecule has 0 radical (unpaired) electrons. The van der Waals surface area contributed by atoms with E-state index in [1.807, 2.05) is 6.20 Å². The minimum absolute atomic E-state index is 0.596. The monoisotopic (exact) mass is 250 g/mol. The molecule has 0 aliphatic carbocycles. The molecule has 18 heavy (non-hydrogen) atoms. The van der Waals surface area contributed by atoms with Crippen LogP contribution in [0.5, 0.6) is 0 Å². The van der Waals surface area contributed by atoms with Crippen LogP contribution in [0.2, 0.25) is 0 Å². The lowest BCUT2D eigenvalue weighted by molar-refractivity contribution is 0.168. The summed E-state index contributed by atoms with van der Waals surface area (Å²) in [6, 6.07) is 0.596. The third-order valence-electron chi connectivity index (χ3n) is 4.34. The number of likely N-dealkylation sites (tertiary alicyclic amines) is 1. The Labute approximate surface area is 110 Å². The topological polar surface area (TPSA) is 44.0 Å². The molecule has 0 saturated carbocycles. The molecular weight excluding hydrogens is 224 g/mol. The highest BCUT2D eigenvalue weighted by Gasteiger charge is 2.22. The Bertz CT molecular complexity index is 352. The fourth-order valence-electron chi connectivity index (χ4n) is 2.76. The largest absolute Gasteiger partial charge is 0.310 e. The van der Waals surface area contributed by atoms with Crippen LogP contribution in [0.1, 0.15) is 37.9 Å². The number of rotatable bonds is 5. The standard InChI is InChI=1S/C14H26N4/c1-4-18-7-5-13(6-8-18)11(2)15-9-14-10-16-17-12(14)3/h10-11,13,15H,4-9H2,1-3H3,(H,16,17). The summed E-state index contributed by atoms with van der Waals surface area (Å²) in [5.41, 5.74) is 2.46. The summed E-state index contributed by atoms with van der Waals surface area (Å²) in [6.07, 6.45) is 4.58. The zero-order chi connectivity index (χ0) is 13.0. The molecule has 2 rings (SSSR count). The summed E-state index contributed by atoms with van der Waals surface area (Å²) in [6.45, 7) is 11.3. The first-order valence-corrected chi connectivity index (χ1v) is 7.15. The van der Waals surface area contributed by atoms with E-state index in [1.165, 1.54) is 43.7 Å². The van der Waals surface area contributed by atoms with Crippen LogP contribution < -0.4 is 5.32 Å². The zero-order valence-corrected chi connectivity index (χ0v) is 11.9. The lowest BCUT2D eigenvalue weighted by atomic mass is 9.90. The smallest absolute Gasteiger partial charge is 0.0535 e. The van der Waals surface area contributed by atoms with Crippen LogP contribution in [0.25, 0.3) is 0 Å². The minimum atomic E-state index is 0.596. The van der Waals surface area contributed by atoms with E-state index in [9.17, 15) is 0 Å². The second-order valence-corrected chi connectivity index (χ2v) is 5.46. The predicted molar refractivity (Wildman–Crippen MR) is 74.5 cm³/mol. The van der Waals surface area contributed by atoms with Gasteiger partial charge >= 0.3 is 0 Å². The van der Waals surface area contributed by atoms with Crippen molar-refractivity contribution < 1.29 is 0 Å². The van der Waals surface area contributed by atoms with Crippen molar-refractivity contribution in [1.82, 2.24) is 20.4 Å². The number of nitrogens with zero attached hydrogens (tertiary/aromatic N) is 2. The number of piperidine rings is 1. The van der Waals surface area contributed by atoms with Gasteiger partial charge in [0, 0.05) is 23.8 Å². The molecule has 1 aliphatic heterocycles. The average molecular weight is 250 g/mol. The lowest BCUT2D eigenvalue weighted by Crippen LogP contribution is -2.41. The fourth-order valence-corrected chi connectivity index (χ4v) is 2.76. The Morgan fingerprint density at radius 1 is 1.50 bits per heavy atom. The first-order chi connectivity index (χ1) is 8.70. The normalized spacial score (nSPS) is 20.2. The van der Waals surface area contributed by atoms with Gasteiger partial charge in [-0.1, -0.05) is 6.92 Å². The van der Waals surface area contributed by atoms with Gasteiger partial charge in [-0.25, -0.2) is 0 Å². The van der Waals surface area contributed by atoms with E-state index >= 15 is 0 Å². The highest BCUT2D eigenvalue weighted by atomic mass is 15.1. The molecule has 2 heterocycles. The van der Waals surface area contributed by atoms with Gasteiger partial charge in [0.2, 0.25) is 0 Å². The Morgan fingerprint density at radius 3 is 2.78 bits per heavy atom. The zero-order valence-electron chi connectivity index (χ0n) is 11.9. The highest BCUT2D eigenvalue weighted by Crippen LogP contribution is 2.20. The summed E-state index contributed by atoms with van der Waals surface area (Å²) in [4.78, 5) is 2.55. The molecule has 1 aliphatic rings. The van der Waals surface area contributed by atoms with Crippen LogP contribution in [-0.2, 0) is 6.54 Å². The maximum atomic E-state index is 4.06. The van der Waals surface area contributed by atoms with Gasteiger partial charge in [-0.2, -0.15) is 5.10 Å². The molecule has 102 valence electrons. The van der Waals surface area contributed by atoms with Crippen LogP contribution in [-0.4, -0.2) is 40.8 Å². The first kappa shape index (κ1) is 13.6. The van der Waals surface area contributed by atoms with Gasteiger partial charge in [0.25, 0.3) is 0 Å². The number of hydrogen-bond donors (Lipinski definition) is 2. The van der Waals surface area contributed by atoms with E-state index in [2.05, 4.69) is 41.2 Å². The van der Waals surface area contributed by atoms with E-state index in [0.29, 0.717) is 6.04 Å². The molecule has 2 N–H and O–H groups in total. The molecule has 4 nitrogen and oxygen atoms in total. The second-order valence-electron chi connectivity index (χ2n) is 5.46. The summed E-state index contributed by atoms with van der Waals surface area (Å²) < 4.78 is 0. The van der Waals surface area contributed by atoms with Crippen molar-refractivity contribution >= 4 is 0 Å². The molecule has 1 fully saturated rings. The molecular formula is C14H26N4. The second kappa shape index (κ2) is 6.34. The van der Waals surface area contributed by atoms with Gasteiger partial charge in [0.1, 0.15) is 0 Å². The van der Waals surface area contributed by atoms with Crippen molar-refractivity contribution in [2.24, 2.45) is 5.92 Å². The van der Waals surface area contributed by atoms with Crippen molar-refractivity contribution in [2.45, 2.75) is 46.2 Å². The fraction of sp³-hybridized carbons (Fsp3) is 0.786. The number of nitrogens with one attached hydrogen (secondary N) is 2. The van der Waals surface area contributed by atoms with Crippen LogP contribution >= 0.6 is 0 Å². The maximum Gasteiger partial charge on any atom is 0.0535 e. The van der Waals surface area contributed by atoms with Gasteiger partial charge in [-0.3, -0.25) is 5.10 Å². The van der Waals surface area contributed by atoms with Gasteiger partial charge in [-0.05, 0) is 52.2 Å². The van der Waals surface area contributed by atoms with Crippen LogP contribution in [0, 0.1) is 12.8 Å². The van der Waals surface area contributed by atoms with Crippen LogP contribution in [0.15, 0.2) is 6.20 Å². The van der Waals surface area contributed by atoms with E-state index in [-0.39, 0.29) is 0 Å². The Hall–Kier alpha value is -0.870.